The summed E-state index contributed by atoms with van der Waals surface area (Å²) in [5.41, 5.74) is 8.41. The van der Waals surface area contributed by atoms with Gasteiger partial charge in [-0.05, 0) is 102 Å². The van der Waals surface area contributed by atoms with Gasteiger partial charge in [-0.25, -0.2) is 0 Å². The fraction of sp³-hybridized carbons (Fsp3) is 0.628. The van der Waals surface area contributed by atoms with Crippen LogP contribution in [0.3, 0.4) is 0 Å². The van der Waals surface area contributed by atoms with Gasteiger partial charge in [0.1, 0.15) is 11.5 Å². The molecule has 0 bridgehead atoms. The van der Waals surface area contributed by atoms with Gasteiger partial charge in [0.05, 0.1) is 26.4 Å². The maximum atomic E-state index is 9.50. The lowest BCUT2D eigenvalue weighted by Gasteiger charge is -2.21. The molecule has 4 heteroatoms. The number of hydrogen-bond donors (Lipinski definition) is 2. The van der Waals surface area contributed by atoms with Gasteiger partial charge in [-0.1, -0.05) is 117 Å². The van der Waals surface area contributed by atoms with E-state index in [9.17, 15) is 10.2 Å². The van der Waals surface area contributed by atoms with E-state index >= 15 is 0 Å². The molecule has 0 unspecified atom stereocenters. The van der Waals surface area contributed by atoms with Crippen molar-refractivity contribution in [3.05, 3.63) is 71.3 Å². The Labute approximate surface area is 288 Å². The smallest absolute Gasteiger partial charge is 0.120 e. The third kappa shape index (κ3) is 16.4. The SMILES string of the molecule is C=C(CO)CCOc1ccc(CCCCCCC)c(-c2cc(OCCC(=C)CO)cc(CCCCCCC)c2CCCCCCC)c1. The van der Waals surface area contributed by atoms with Crippen LogP contribution in [0.15, 0.2) is 54.6 Å². The highest BCUT2D eigenvalue weighted by Gasteiger charge is 2.18. The molecule has 2 aromatic carbocycles. The van der Waals surface area contributed by atoms with Crippen LogP contribution in [-0.4, -0.2) is 36.6 Å². The lowest BCUT2D eigenvalue weighted by atomic mass is 9.86. The van der Waals surface area contributed by atoms with E-state index in [1.165, 1.54) is 124 Å². The molecule has 47 heavy (non-hydrogen) atoms. The van der Waals surface area contributed by atoms with Crippen LogP contribution in [0.2, 0.25) is 0 Å². The molecule has 0 fully saturated rings. The van der Waals surface area contributed by atoms with Gasteiger partial charge >= 0.3 is 0 Å². The Kier molecular flexibility index (Phi) is 22.0. The van der Waals surface area contributed by atoms with Gasteiger partial charge in [0.2, 0.25) is 0 Å². The molecular formula is C43H68O4. The Bertz CT molecular complexity index is 1150. The monoisotopic (exact) mass is 649 g/mol. The van der Waals surface area contributed by atoms with E-state index < -0.39 is 0 Å². The fourth-order valence-electron chi connectivity index (χ4n) is 6.19. The summed E-state index contributed by atoms with van der Waals surface area (Å²) < 4.78 is 12.6. The first-order valence-corrected chi connectivity index (χ1v) is 19.1. The molecule has 0 aliphatic heterocycles. The van der Waals surface area contributed by atoms with E-state index in [-0.39, 0.29) is 13.2 Å². The number of aliphatic hydroxyl groups excluding tert-OH is 2. The topological polar surface area (TPSA) is 58.9 Å². The molecule has 0 amide bonds. The zero-order chi connectivity index (χ0) is 34.1. The minimum atomic E-state index is -0.00708. The summed E-state index contributed by atoms with van der Waals surface area (Å²) >= 11 is 0. The lowest BCUT2D eigenvalue weighted by Crippen LogP contribution is -2.06. The maximum absolute atomic E-state index is 9.50. The normalized spacial score (nSPS) is 11.2. The zero-order valence-corrected chi connectivity index (χ0v) is 30.5. The van der Waals surface area contributed by atoms with Crippen LogP contribution < -0.4 is 9.47 Å². The molecule has 0 spiro atoms. The predicted molar refractivity (Wildman–Crippen MR) is 202 cm³/mol. The summed E-state index contributed by atoms with van der Waals surface area (Å²) in [4.78, 5) is 0. The average Bonchev–Trinajstić information content (AvgIpc) is 3.08. The number of aryl methyl sites for hydroxylation is 2. The van der Waals surface area contributed by atoms with E-state index in [1.54, 1.807) is 0 Å². The molecule has 0 radical (unpaired) electrons. The van der Waals surface area contributed by atoms with E-state index in [1.807, 2.05) is 0 Å². The summed E-state index contributed by atoms with van der Waals surface area (Å²) in [5.74, 6) is 1.77. The van der Waals surface area contributed by atoms with Crippen molar-refractivity contribution in [2.45, 2.75) is 149 Å². The van der Waals surface area contributed by atoms with Crippen molar-refractivity contribution in [2.75, 3.05) is 26.4 Å². The first-order valence-electron chi connectivity index (χ1n) is 19.1. The molecule has 0 aliphatic carbocycles. The second-order valence-electron chi connectivity index (χ2n) is 13.4. The van der Waals surface area contributed by atoms with Crippen LogP contribution in [0.5, 0.6) is 11.5 Å². The molecule has 0 saturated carbocycles. The largest absolute Gasteiger partial charge is 0.493 e. The van der Waals surface area contributed by atoms with Crippen molar-refractivity contribution in [2.24, 2.45) is 0 Å². The molecule has 2 N–H and O–H groups in total. The van der Waals surface area contributed by atoms with Gasteiger partial charge < -0.3 is 19.7 Å². The first kappa shape index (κ1) is 40.6. The van der Waals surface area contributed by atoms with Gasteiger partial charge in [0.25, 0.3) is 0 Å². The molecule has 264 valence electrons. The molecule has 0 atom stereocenters. The van der Waals surface area contributed by atoms with E-state index in [4.69, 9.17) is 9.47 Å². The molecule has 0 heterocycles. The van der Waals surface area contributed by atoms with Crippen LogP contribution in [0, 0.1) is 0 Å². The molecule has 0 aromatic heterocycles. The van der Waals surface area contributed by atoms with Crippen molar-refractivity contribution in [1.29, 1.82) is 0 Å². The Morgan fingerprint density at radius 1 is 0.532 bits per heavy atom. The Morgan fingerprint density at radius 3 is 1.53 bits per heavy atom. The average molecular weight is 649 g/mol. The molecule has 4 nitrogen and oxygen atoms in total. The number of hydrogen-bond acceptors (Lipinski definition) is 4. The van der Waals surface area contributed by atoms with Crippen LogP contribution >= 0.6 is 0 Å². The van der Waals surface area contributed by atoms with Crippen LogP contribution in [0.4, 0.5) is 0 Å². The van der Waals surface area contributed by atoms with Gasteiger partial charge in [-0.15, -0.1) is 0 Å². The molecule has 0 aliphatic rings. The predicted octanol–water partition coefficient (Wildman–Crippen LogP) is 11.5. The summed E-state index contributed by atoms with van der Waals surface area (Å²) in [6.07, 6.45) is 23.3. The quantitative estimate of drug-likeness (QED) is 0.0681. The number of ether oxygens (including phenoxy) is 2. The van der Waals surface area contributed by atoms with Gasteiger partial charge in [-0.2, -0.15) is 0 Å². The summed E-state index contributed by atoms with van der Waals surface area (Å²) in [6, 6.07) is 11.2. The molecule has 2 aromatic rings. The standard InChI is InChI=1S/C43H68O4/c1-6-9-12-15-18-21-37-24-25-39(46-28-26-35(4)33-44)31-42(37)43-32-40(47-29-27-36(5)34-45)30-38(22-19-16-13-10-7-2)41(43)23-20-17-14-11-8-3/h24-25,30-32,44-45H,4-23,26-29,33-34H2,1-3H3. The second-order valence-corrected chi connectivity index (χ2v) is 13.4. The lowest BCUT2D eigenvalue weighted by molar-refractivity contribution is 0.293. The third-order valence-electron chi connectivity index (χ3n) is 9.21. The fourth-order valence-corrected chi connectivity index (χ4v) is 6.19. The second kappa shape index (κ2) is 25.5. The van der Waals surface area contributed by atoms with Gasteiger partial charge in [0, 0.05) is 12.8 Å². The summed E-state index contributed by atoms with van der Waals surface area (Å²) in [6.45, 7) is 15.7. The van der Waals surface area contributed by atoms with Crippen LogP contribution in [0.25, 0.3) is 11.1 Å². The minimum Gasteiger partial charge on any atom is -0.493 e. The van der Waals surface area contributed by atoms with Crippen molar-refractivity contribution >= 4 is 0 Å². The molecular weight excluding hydrogens is 580 g/mol. The van der Waals surface area contributed by atoms with Crippen molar-refractivity contribution in [1.82, 2.24) is 0 Å². The van der Waals surface area contributed by atoms with E-state index in [2.05, 4.69) is 64.3 Å². The Morgan fingerprint density at radius 2 is 1.00 bits per heavy atom. The highest BCUT2D eigenvalue weighted by Crippen LogP contribution is 2.38. The number of aliphatic hydroxyl groups is 2. The van der Waals surface area contributed by atoms with Gasteiger partial charge in [-0.3, -0.25) is 0 Å². The maximum Gasteiger partial charge on any atom is 0.120 e. The summed E-state index contributed by atoms with van der Waals surface area (Å²) in [5, 5.41) is 18.9. The highest BCUT2D eigenvalue weighted by molar-refractivity contribution is 5.75. The molecule has 2 rings (SSSR count). The van der Waals surface area contributed by atoms with Crippen molar-refractivity contribution in [3.8, 4) is 22.6 Å². The van der Waals surface area contributed by atoms with E-state index in [0.29, 0.717) is 26.1 Å². The zero-order valence-electron chi connectivity index (χ0n) is 30.5. The third-order valence-corrected chi connectivity index (χ3v) is 9.21. The number of rotatable bonds is 29. The van der Waals surface area contributed by atoms with Gasteiger partial charge in [0.15, 0.2) is 0 Å². The van der Waals surface area contributed by atoms with E-state index in [0.717, 1.165) is 41.9 Å². The highest BCUT2D eigenvalue weighted by atomic mass is 16.5. The van der Waals surface area contributed by atoms with Crippen LogP contribution in [-0.2, 0) is 19.3 Å². The Balaban J connectivity index is 2.58. The minimum absolute atomic E-state index is 0.00531. The van der Waals surface area contributed by atoms with Crippen LogP contribution in [0.1, 0.15) is 147 Å². The molecule has 0 saturated heterocycles. The van der Waals surface area contributed by atoms with Crippen molar-refractivity contribution < 1.29 is 19.7 Å². The first-order chi connectivity index (χ1) is 23.0. The number of unbranched alkanes of at least 4 members (excludes halogenated alkanes) is 12. The number of benzene rings is 2. The Hall–Kier alpha value is -2.56. The summed E-state index contributed by atoms with van der Waals surface area (Å²) in [7, 11) is 0. The van der Waals surface area contributed by atoms with Crippen molar-refractivity contribution in [3.63, 3.8) is 0 Å².